The summed E-state index contributed by atoms with van der Waals surface area (Å²) in [5, 5.41) is 11.1. The maximum atomic E-state index is 11.9. The van der Waals surface area contributed by atoms with E-state index < -0.39 is 23.9 Å². The highest BCUT2D eigenvalue weighted by Crippen LogP contribution is 2.10. The third kappa shape index (κ3) is 3.72. The summed E-state index contributed by atoms with van der Waals surface area (Å²) in [4.78, 5) is 34.3. The quantitative estimate of drug-likeness (QED) is 0.543. The Morgan fingerprint density at radius 3 is 2.37 bits per heavy atom. The van der Waals surface area contributed by atoms with Gasteiger partial charge in [0.05, 0.1) is 18.2 Å². The highest BCUT2D eigenvalue weighted by molar-refractivity contribution is 7.80. The first-order chi connectivity index (χ1) is 9.01. The number of ether oxygens (including phenoxy) is 1. The number of carboxylic acids is 1. The first-order valence-electron chi connectivity index (χ1n) is 5.33. The summed E-state index contributed by atoms with van der Waals surface area (Å²) in [7, 11) is 1.20. The second-order valence-corrected chi connectivity index (χ2v) is 3.95. The molecule has 0 aromatic heterocycles. The van der Waals surface area contributed by atoms with Crippen molar-refractivity contribution in [2.45, 2.75) is 6.04 Å². The zero-order chi connectivity index (χ0) is 14.4. The van der Waals surface area contributed by atoms with Gasteiger partial charge in [-0.25, -0.2) is 9.59 Å². The largest absolute Gasteiger partial charge is 0.480 e. The first kappa shape index (κ1) is 15.0. The smallest absolute Gasteiger partial charge is 0.338 e. The van der Waals surface area contributed by atoms with Gasteiger partial charge in [-0.3, -0.25) is 4.79 Å². The second-order valence-electron chi connectivity index (χ2n) is 3.58. The number of carboxylic acid groups (broad SMARTS) is 1. The summed E-state index contributed by atoms with van der Waals surface area (Å²) in [5.74, 6) is -2.58. The van der Waals surface area contributed by atoms with Crippen LogP contribution in [0.25, 0.3) is 0 Å². The monoisotopic (exact) mass is 283 g/mol. The number of amides is 1. The SMILES string of the molecule is COC(=O)c1ccccc1C(=O)N[C@@H](CS)C(=O)O. The van der Waals surface area contributed by atoms with Crippen molar-refractivity contribution in [3.63, 3.8) is 0 Å². The Morgan fingerprint density at radius 2 is 1.89 bits per heavy atom. The van der Waals surface area contributed by atoms with E-state index >= 15 is 0 Å². The molecule has 0 radical (unpaired) electrons. The molecule has 0 spiro atoms. The molecule has 1 rings (SSSR count). The van der Waals surface area contributed by atoms with E-state index in [1.807, 2.05) is 0 Å². The van der Waals surface area contributed by atoms with Crippen LogP contribution in [0.3, 0.4) is 0 Å². The molecular weight excluding hydrogens is 270 g/mol. The average Bonchev–Trinajstić information content (AvgIpc) is 2.43. The predicted octanol–water partition coefficient (Wildman–Crippen LogP) is 0.586. The molecule has 0 fully saturated rings. The summed E-state index contributed by atoms with van der Waals surface area (Å²) >= 11 is 3.84. The van der Waals surface area contributed by atoms with Crippen LogP contribution in [0.4, 0.5) is 0 Å². The van der Waals surface area contributed by atoms with Crippen molar-refractivity contribution in [3.8, 4) is 0 Å². The minimum absolute atomic E-state index is 0.0541. The number of benzene rings is 1. The Hall–Kier alpha value is -2.02. The van der Waals surface area contributed by atoms with Crippen molar-refractivity contribution >= 4 is 30.5 Å². The van der Waals surface area contributed by atoms with Gasteiger partial charge in [0, 0.05) is 5.75 Å². The van der Waals surface area contributed by atoms with Crippen molar-refractivity contribution < 1.29 is 24.2 Å². The topological polar surface area (TPSA) is 92.7 Å². The molecule has 1 atom stereocenters. The molecule has 0 heterocycles. The van der Waals surface area contributed by atoms with Crippen LogP contribution in [0.2, 0.25) is 0 Å². The minimum atomic E-state index is -1.20. The average molecular weight is 283 g/mol. The fourth-order valence-corrected chi connectivity index (χ4v) is 1.64. The number of carbonyl (C=O) groups is 3. The zero-order valence-electron chi connectivity index (χ0n) is 10.1. The summed E-state index contributed by atoms with van der Waals surface area (Å²) in [6.07, 6.45) is 0. The van der Waals surface area contributed by atoms with Gasteiger partial charge in [0.2, 0.25) is 0 Å². The minimum Gasteiger partial charge on any atom is -0.480 e. The van der Waals surface area contributed by atoms with Gasteiger partial charge in [-0.2, -0.15) is 12.6 Å². The molecule has 0 bridgehead atoms. The maximum Gasteiger partial charge on any atom is 0.338 e. The summed E-state index contributed by atoms with van der Waals surface area (Å²) in [6.45, 7) is 0. The van der Waals surface area contributed by atoms with Crippen LogP contribution in [0, 0.1) is 0 Å². The Morgan fingerprint density at radius 1 is 1.32 bits per heavy atom. The normalized spacial score (nSPS) is 11.5. The van der Waals surface area contributed by atoms with Crippen LogP contribution in [-0.2, 0) is 9.53 Å². The van der Waals surface area contributed by atoms with Crippen LogP contribution < -0.4 is 5.32 Å². The van der Waals surface area contributed by atoms with Gasteiger partial charge in [-0.05, 0) is 12.1 Å². The van der Waals surface area contributed by atoms with Gasteiger partial charge in [-0.15, -0.1) is 0 Å². The van der Waals surface area contributed by atoms with Crippen LogP contribution >= 0.6 is 12.6 Å². The highest BCUT2D eigenvalue weighted by atomic mass is 32.1. The van der Waals surface area contributed by atoms with Crippen molar-refractivity contribution in [1.82, 2.24) is 5.32 Å². The molecule has 7 heteroatoms. The standard InChI is InChI=1S/C12H13NO5S/c1-18-12(17)8-5-3-2-4-7(8)10(14)13-9(6-19)11(15)16/h2-5,9,19H,6H2,1H3,(H,13,14)(H,15,16)/t9-/m0/s1. The Bertz CT molecular complexity index is 503. The highest BCUT2D eigenvalue weighted by Gasteiger charge is 2.22. The molecule has 19 heavy (non-hydrogen) atoms. The van der Waals surface area contributed by atoms with Gasteiger partial charge in [-0.1, -0.05) is 12.1 Å². The summed E-state index contributed by atoms with van der Waals surface area (Å²) < 4.78 is 4.56. The predicted molar refractivity (Wildman–Crippen MR) is 70.5 cm³/mol. The lowest BCUT2D eigenvalue weighted by molar-refractivity contribution is -0.138. The molecule has 0 saturated carbocycles. The molecular formula is C12H13NO5S. The van der Waals surface area contributed by atoms with Crippen LogP contribution in [0.1, 0.15) is 20.7 Å². The van der Waals surface area contributed by atoms with E-state index in [-0.39, 0.29) is 16.9 Å². The first-order valence-corrected chi connectivity index (χ1v) is 5.96. The lowest BCUT2D eigenvalue weighted by Gasteiger charge is -2.13. The molecule has 0 aliphatic rings. The summed E-state index contributed by atoms with van der Waals surface area (Å²) in [5.41, 5.74) is 0.133. The van der Waals surface area contributed by atoms with Gasteiger partial charge < -0.3 is 15.2 Å². The van der Waals surface area contributed by atoms with Gasteiger partial charge in [0.1, 0.15) is 6.04 Å². The Balaban J connectivity index is 3.00. The van der Waals surface area contributed by atoms with E-state index in [4.69, 9.17) is 5.11 Å². The van der Waals surface area contributed by atoms with Crippen molar-refractivity contribution in [2.75, 3.05) is 12.9 Å². The zero-order valence-corrected chi connectivity index (χ0v) is 11.0. The second kappa shape index (κ2) is 6.79. The molecule has 0 unspecified atom stereocenters. The van der Waals surface area contributed by atoms with E-state index in [0.717, 1.165) is 0 Å². The molecule has 1 aromatic carbocycles. The lowest BCUT2D eigenvalue weighted by atomic mass is 10.1. The number of hydrogen-bond acceptors (Lipinski definition) is 5. The van der Waals surface area contributed by atoms with Gasteiger partial charge in [0.25, 0.3) is 5.91 Å². The number of carbonyl (C=O) groups excluding carboxylic acids is 2. The van der Waals surface area contributed by atoms with Crippen molar-refractivity contribution in [1.29, 1.82) is 0 Å². The van der Waals surface area contributed by atoms with E-state index in [2.05, 4.69) is 22.7 Å². The lowest BCUT2D eigenvalue weighted by Crippen LogP contribution is -2.42. The number of hydrogen-bond donors (Lipinski definition) is 3. The van der Waals surface area contributed by atoms with Crippen LogP contribution in [0.15, 0.2) is 24.3 Å². The van der Waals surface area contributed by atoms with E-state index in [9.17, 15) is 14.4 Å². The third-order valence-electron chi connectivity index (χ3n) is 2.36. The van der Waals surface area contributed by atoms with Crippen molar-refractivity contribution in [3.05, 3.63) is 35.4 Å². The molecule has 1 amide bonds. The van der Waals surface area contributed by atoms with E-state index in [1.54, 1.807) is 12.1 Å². The van der Waals surface area contributed by atoms with Crippen LogP contribution in [-0.4, -0.2) is 41.9 Å². The van der Waals surface area contributed by atoms with E-state index in [1.165, 1.54) is 19.2 Å². The Kier molecular flexibility index (Phi) is 5.37. The molecule has 2 N–H and O–H groups in total. The summed E-state index contributed by atoms with van der Waals surface area (Å²) in [6, 6.07) is 4.87. The number of aliphatic carboxylic acids is 1. The third-order valence-corrected chi connectivity index (χ3v) is 2.73. The molecule has 1 aromatic rings. The molecule has 0 aliphatic carbocycles. The molecule has 0 aliphatic heterocycles. The fraction of sp³-hybridized carbons (Fsp3) is 0.250. The van der Waals surface area contributed by atoms with Crippen molar-refractivity contribution in [2.24, 2.45) is 0 Å². The number of nitrogens with one attached hydrogen (secondary N) is 1. The number of thiol groups is 1. The number of esters is 1. The van der Waals surface area contributed by atoms with Gasteiger partial charge in [0.15, 0.2) is 0 Å². The number of methoxy groups -OCH3 is 1. The molecule has 102 valence electrons. The fourth-order valence-electron chi connectivity index (χ4n) is 1.39. The maximum absolute atomic E-state index is 11.9. The molecule has 0 saturated heterocycles. The van der Waals surface area contributed by atoms with Gasteiger partial charge >= 0.3 is 11.9 Å². The number of rotatable bonds is 5. The van der Waals surface area contributed by atoms with E-state index in [0.29, 0.717) is 0 Å². The Labute approximate surface area is 115 Å². The van der Waals surface area contributed by atoms with Crippen LogP contribution in [0.5, 0.6) is 0 Å². The molecule has 6 nitrogen and oxygen atoms in total.